The summed E-state index contributed by atoms with van der Waals surface area (Å²) < 4.78 is 5.20. The Morgan fingerprint density at radius 3 is 2.40 bits per heavy atom. The molecule has 0 atom stereocenters. The van der Waals surface area contributed by atoms with Gasteiger partial charge < -0.3 is 16.2 Å². The Bertz CT molecular complexity index is 89.6. The molecule has 10 heavy (non-hydrogen) atoms. The Labute approximate surface area is 61.7 Å². The van der Waals surface area contributed by atoms with E-state index in [9.17, 15) is 0 Å². The predicted octanol–water partition coefficient (Wildman–Crippen LogP) is 0.0466. The average Bonchev–Trinajstić information content (AvgIpc) is 1.88. The molecule has 1 heterocycles. The molecule has 60 valence electrons. The molecule has 3 heteroatoms. The van der Waals surface area contributed by atoms with Gasteiger partial charge in [0.05, 0.1) is 6.17 Å². The van der Waals surface area contributed by atoms with Gasteiger partial charge in [0, 0.05) is 13.2 Å². The Hall–Kier alpha value is -0.120. The summed E-state index contributed by atoms with van der Waals surface area (Å²) in [4.78, 5) is 0. The van der Waals surface area contributed by atoms with E-state index in [-0.39, 0.29) is 6.17 Å². The van der Waals surface area contributed by atoms with Crippen LogP contribution in [0, 0.1) is 5.92 Å². The summed E-state index contributed by atoms with van der Waals surface area (Å²) in [7, 11) is 0. The van der Waals surface area contributed by atoms with Crippen molar-refractivity contribution in [3.05, 3.63) is 0 Å². The molecule has 1 saturated heterocycles. The molecule has 0 aromatic carbocycles. The number of rotatable bonds is 2. The van der Waals surface area contributed by atoms with Crippen molar-refractivity contribution in [2.24, 2.45) is 17.4 Å². The Kier molecular flexibility index (Phi) is 3.12. The molecular formula is C7H16N2O. The molecule has 0 bridgehead atoms. The summed E-state index contributed by atoms with van der Waals surface area (Å²) in [5.41, 5.74) is 10.9. The molecule has 0 amide bonds. The van der Waals surface area contributed by atoms with Crippen LogP contribution in [0.15, 0.2) is 0 Å². The molecule has 0 saturated carbocycles. The fourth-order valence-electron chi connectivity index (χ4n) is 1.37. The first-order valence-electron chi connectivity index (χ1n) is 3.88. The van der Waals surface area contributed by atoms with Crippen LogP contribution in [-0.4, -0.2) is 19.4 Å². The minimum absolute atomic E-state index is 0.136. The van der Waals surface area contributed by atoms with Crippen LogP contribution in [0.1, 0.15) is 19.3 Å². The van der Waals surface area contributed by atoms with Gasteiger partial charge in [-0.25, -0.2) is 0 Å². The average molecular weight is 144 g/mol. The quantitative estimate of drug-likeness (QED) is 0.538. The maximum Gasteiger partial charge on any atom is 0.0523 e. The molecule has 0 aromatic heterocycles. The minimum Gasteiger partial charge on any atom is -0.381 e. The molecule has 1 fully saturated rings. The van der Waals surface area contributed by atoms with Crippen molar-refractivity contribution in [3.8, 4) is 0 Å². The standard InChI is InChI=1S/C7H16N2O/c8-7(9)5-6-1-3-10-4-2-6/h6-7H,1-5,8-9H2. The zero-order valence-corrected chi connectivity index (χ0v) is 6.25. The molecule has 1 aliphatic heterocycles. The maximum absolute atomic E-state index is 5.46. The van der Waals surface area contributed by atoms with Gasteiger partial charge in [0.1, 0.15) is 0 Å². The molecule has 0 unspecified atom stereocenters. The smallest absolute Gasteiger partial charge is 0.0523 e. The SMILES string of the molecule is NC(N)CC1CCOCC1. The third-order valence-corrected chi connectivity index (χ3v) is 1.95. The van der Waals surface area contributed by atoms with Gasteiger partial charge in [0.2, 0.25) is 0 Å². The van der Waals surface area contributed by atoms with E-state index < -0.39 is 0 Å². The van der Waals surface area contributed by atoms with Crippen LogP contribution in [-0.2, 0) is 4.74 Å². The van der Waals surface area contributed by atoms with Crippen LogP contribution in [0.4, 0.5) is 0 Å². The van der Waals surface area contributed by atoms with E-state index in [4.69, 9.17) is 16.2 Å². The summed E-state index contributed by atoms with van der Waals surface area (Å²) in [5, 5.41) is 0. The van der Waals surface area contributed by atoms with Gasteiger partial charge in [-0.2, -0.15) is 0 Å². The molecule has 0 aliphatic carbocycles. The fraction of sp³-hybridized carbons (Fsp3) is 1.00. The van der Waals surface area contributed by atoms with Gasteiger partial charge in [0.25, 0.3) is 0 Å². The van der Waals surface area contributed by atoms with Crippen molar-refractivity contribution in [2.75, 3.05) is 13.2 Å². The zero-order chi connectivity index (χ0) is 7.40. The van der Waals surface area contributed by atoms with E-state index in [0.717, 1.165) is 32.5 Å². The van der Waals surface area contributed by atoms with Crippen LogP contribution in [0.3, 0.4) is 0 Å². The van der Waals surface area contributed by atoms with Crippen LogP contribution >= 0.6 is 0 Å². The summed E-state index contributed by atoms with van der Waals surface area (Å²) in [6.07, 6.45) is 3.07. The maximum atomic E-state index is 5.46. The van der Waals surface area contributed by atoms with Crippen molar-refractivity contribution >= 4 is 0 Å². The first-order chi connectivity index (χ1) is 4.79. The number of ether oxygens (including phenoxy) is 1. The largest absolute Gasteiger partial charge is 0.381 e. The predicted molar refractivity (Wildman–Crippen MR) is 40.3 cm³/mol. The van der Waals surface area contributed by atoms with Gasteiger partial charge in [-0.1, -0.05) is 0 Å². The molecular weight excluding hydrogens is 128 g/mol. The van der Waals surface area contributed by atoms with Crippen LogP contribution in [0.2, 0.25) is 0 Å². The second-order valence-electron chi connectivity index (χ2n) is 2.96. The molecule has 0 spiro atoms. The van der Waals surface area contributed by atoms with Gasteiger partial charge in [-0.05, 0) is 25.2 Å². The Morgan fingerprint density at radius 2 is 1.90 bits per heavy atom. The lowest BCUT2D eigenvalue weighted by atomic mass is 9.95. The highest BCUT2D eigenvalue weighted by molar-refractivity contribution is 4.66. The van der Waals surface area contributed by atoms with E-state index in [0.29, 0.717) is 5.92 Å². The first kappa shape index (κ1) is 7.98. The van der Waals surface area contributed by atoms with E-state index in [1.165, 1.54) is 0 Å². The van der Waals surface area contributed by atoms with Crippen LogP contribution < -0.4 is 11.5 Å². The molecule has 3 nitrogen and oxygen atoms in total. The summed E-state index contributed by atoms with van der Waals surface area (Å²) in [6, 6.07) is 0. The van der Waals surface area contributed by atoms with Gasteiger partial charge >= 0.3 is 0 Å². The third-order valence-electron chi connectivity index (χ3n) is 1.95. The van der Waals surface area contributed by atoms with Crippen LogP contribution in [0.25, 0.3) is 0 Å². The normalized spacial score (nSPS) is 21.9. The van der Waals surface area contributed by atoms with Crippen molar-refractivity contribution < 1.29 is 4.74 Å². The second-order valence-corrected chi connectivity index (χ2v) is 2.96. The molecule has 1 rings (SSSR count). The summed E-state index contributed by atoms with van der Waals surface area (Å²) >= 11 is 0. The third kappa shape index (κ3) is 2.64. The zero-order valence-electron chi connectivity index (χ0n) is 6.25. The van der Waals surface area contributed by atoms with E-state index in [1.54, 1.807) is 0 Å². The Morgan fingerprint density at radius 1 is 1.30 bits per heavy atom. The topological polar surface area (TPSA) is 61.3 Å². The summed E-state index contributed by atoms with van der Waals surface area (Å²) in [6.45, 7) is 1.77. The lowest BCUT2D eigenvalue weighted by Gasteiger charge is -2.22. The number of hydrogen-bond acceptors (Lipinski definition) is 3. The monoisotopic (exact) mass is 144 g/mol. The minimum atomic E-state index is -0.136. The van der Waals surface area contributed by atoms with Crippen molar-refractivity contribution in [1.82, 2.24) is 0 Å². The van der Waals surface area contributed by atoms with Crippen LogP contribution in [0.5, 0.6) is 0 Å². The lowest BCUT2D eigenvalue weighted by molar-refractivity contribution is 0.0620. The van der Waals surface area contributed by atoms with E-state index in [1.807, 2.05) is 0 Å². The van der Waals surface area contributed by atoms with Crippen molar-refractivity contribution in [2.45, 2.75) is 25.4 Å². The first-order valence-corrected chi connectivity index (χ1v) is 3.88. The second kappa shape index (κ2) is 3.91. The van der Waals surface area contributed by atoms with Gasteiger partial charge in [-0.15, -0.1) is 0 Å². The molecule has 0 radical (unpaired) electrons. The highest BCUT2D eigenvalue weighted by Gasteiger charge is 2.14. The Balaban J connectivity index is 2.13. The molecule has 0 aromatic rings. The van der Waals surface area contributed by atoms with Gasteiger partial charge in [-0.3, -0.25) is 0 Å². The van der Waals surface area contributed by atoms with E-state index >= 15 is 0 Å². The molecule has 4 N–H and O–H groups in total. The highest BCUT2D eigenvalue weighted by atomic mass is 16.5. The highest BCUT2D eigenvalue weighted by Crippen LogP contribution is 2.17. The number of nitrogens with two attached hydrogens (primary N) is 2. The lowest BCUT2D eigenvalue weighted by Crippen LogP contribution is -2.34. The number of hydrogen-bond donors (Lipinski definition) is 2. The van der Waals surface area contributed by atoms with E-state index in [2.05, 4.69) is 0 Å². The van der Waals surface area contributed by atoms with Gasteiger partial charge in [0.15, 0.2) is 0 Å². The van der Waals surface area contributed by atoms with Crippen molar-refractivity contribution in [1.29, 1.82) is 0 Å². The fourth-order valence-corrected chi connectivity index (χ4v) is 1.37. The van der Waals surface area contributed by atoms with Crippen molar-refractivity contribution in [3.63, 3.8) is 0 Å². The summed E-state index contributed by atoms with van der Waals surface area (Å²) in [5.74, 6) is 0.703. The molecule has 1 aliphatic rings.